The first kappa shape index (κ1) is 22.3. The highest BCUT2D eigenvalue weighted by molar-refractivity contribution is 6.00. The molecule has 1 unspecified atom stereocenters. The molecule has 0 saturated carbocycles. The number of hydrogen-bond acceptors (Lipinski definition) is 7. The second kappa shape index (κ2) is 9.80. The second-order valence-electron chi connectivity index (χ2n) is 8.63. The van der Waals surface area contributed by atoms with Gasteiger partial charge in [-0.25, -0.2) is 0 Å². The largest absolute Gasteiger partial charge is 0.497 e. The van der Waals surface area contributed by atoms with Gasteiger partial charge in [0, 0.05) is 57.4 Å². The minimum atomic E-state index is -0.317. The standard InChI is InChI=1S/C25H29N3O6/c1-31-20-3-5-21(6-4-20)32-13-12-26-8-10-27(11-9-26)25(30)18-14-24(29)28(16-18)19-2-7-22-23(15-19)34-17-33-22/h2-7,15,18H,8-14,16-17H2,1H3. The lowest BCUT2D eigenvalue weighted by atomic mass is 10.1. The molecule has 3 aliphatic heterocycles. The summed E-state index contributed by atoms with van der Waals surface area (Å²) in [5.41, 5.74) is 0.742. The summed E-state index contributed by atoms with van der Waals surface area (Å²) in [5.74, 6) is 2.63. The van der Waals surface area contributed by atoms with E-state index >= 15 is 0 Å². The van der Waals surface area contributed by atoms with Gasteiger partial charge in [0.2, 0.25) is 18.6 Å². The number of hydrogen-bond donors (Lipinski definition) is 0. The van der Waals surface area contributed by atoms with Crippen LogP contribution >= 0.6 is 0 Å². The molecule has 0 aromatic heterocycles. The van der Waals surface area contributed by atoms with Gasteiger partial charge in [-0.3, -0.25) is 14.5 Å². The zero-order valence-electron chi connectivity index (χ0n) is 19.3. The van der Waals surface area contributed by atoms with Crippen molar-refractivity contribution in [2.75, 3.05) is 64.7 Å². The molecule has 9 nitrogen and oxygen atoms in total. The molecule has 2 aromatic carbocycles. The van der Waals surface area contributed by atoms with Crippen molar-refractivity contribution in [3.8, 4) is 23.0 Å². The van der Waals surface area contributed by atoms with Crippen molar-refractivity contribution in [2.24, 2.45) is 5.92 Å². The third-order valence-corrected chi connectivity index (χ3v) is 6.56. The maximum absolute atomic E-state index is 13.1. The van der Waals surface area contributed by atoms with Gasteiger partial charge < -0.3 is 28.7 Å². The summed E-state index contributed by atoms with van der Waals surface area (Å²) < 4.78 is 21.7. The fourth-order valence-corrected chi connectivity index (χ4v) is 4.59. The minimum absolute atomic E-state index is 0.0356. The van der Waals surface area contributed by atoms with Gasteiger partial charge in [-0.15, -0.1) is 0 Å². The van der Waals surface area contributed by atoms with Crippen LogP contribution in [0.2, 0.25) is 0 Å². The summed E-state index contributed by atoms with van der Waals surface area (Å²) in [6.07, 6.45) is 0.239. The Morgan fingerprint density at radius 1 is 1.00 bits per heavy atom. The van der Waals surface area contributed by atoms with Crippen LogP contribution in [0.5, 0.6) is 23.0 Å². The summed E-state index contributed by atoms with van der Waals surface area (Å²) >= 11 is 0. The van der Waals surface area contributed by atoms with Crippen LogP contribution in [0.15, 0.2) is 42.5 Å². The maximum atomic E-state index is 13.1. The number of piperazine rings is 1. The van der Waals surface area contributed by atoms with E-state index in [-0.39, 0.29) is 30.9 Å². The Morgan fingerprint density at radius 2 is 1.74 bits per heavy atom. The molecule has 2 saturated heterocycles. The molecule has 3 heterocycles. The number of benzene rings is 2. The Labute approximate surface area is 198 Å². The highest BCUT2D eigenvalue weighted by Gasteiger charge is 2.38. The predicted molar refractivity (Wildman–Crippen MR) is 125 cm³/mol. The first-order valence-electron chi connectivity index (χ1n) is 11.6. The minimum Gasteiger partial charge on any atom is -0.497 e. The highest BCUT2D eigenvalue weighted by Crippen LogP contribution is 2.37. The average Bonchev–Trinajstić information content (AvgIpc) is 3.50. The van der Waals surface area contributed by atoms with Gasteiger partial charge in [-0.1, -0.05) is 0 Å². The summed E-state index contributed by atoms with van der Waals surface area (Å²) in [6, 6.07) is 13.0. The molecule has 180 valence electrons. The molecule has 0 N–H and O–H groups in total. The Morgan fingerprint density at radius 3 is 2.50 bits per heavy atom. The summed E-state index contributed by atoms with van der Waals surface area (Å²) in [6.45, 7) is 4.89. The molecule has 2 aromatic rings. The van der Waals surface area contributed by atoms with E-state index in [1.165, 1.54) is 0 Å². The van der Waals surface area contributed by atoms with E-state index in [1.54, 1.807) is 24.1 Å². The van der Waals surface area contributed by atoms with Gasteiger partial charge in [0.25, 0.3) is 0 Å². The van der Waals surface area contributed by atoms with Crippen molar-refractivity contribution in [3.63, 3.8) is 0 Å². The molecule has 0 radical (unpaired) electrons. The summed E-state index contributed by atoms with van der Waals surface area (Å²) in [7, 11) is 1.64. The van der Waals surface area contributed by atoms with Gasteiger partial charge in [-0.05, 0) is 36.4 Å². The van der Waals surface area contributed by atoms with E-state index in [0.717, 1.165) is 36.8 Å². The Balaban J connectivity index is 1.08. The quantitative estimate of drug-likeness (QED) is 0.616. The molecule has 1 atom stereocenters. The monoisotopic (exact) mass is 467 g/mol. The second-order valence-corrected chi connectivity index (χ2v) is 8.63. The van der Waals surface area contributed by atoms with E-state index in [9.17, 15) is 9.59 Å². The van der Waals surface area contributed by atoms with Crippen LogP contribution in [0.25, 0.3) is 0 Å². The van der Waals surface area contributed by atoms with Crippen LogP contribution in [0, 0.1) is 5.92 Å². The maximum Gasteiger partial charge on any atom is 0.231 e. The number of amides is 2. The first-order chi connectivity index (χ1) is 16.6. The van der Waals surface area contributed by atoms with E-state index in [4.69, 9.17) is 18.9 Å². The van der Waals surface area contributed by atoms with Crippen molar-refractivity contribution in [1.29, 1.82) is 0 Å². The van der Waals surface area contributed by atoms with E-state index < -0.39 is 0 Å². The van der Waals surface area contributed by atoms with Crippen molar-refractivity contribution < 1.29 is 28.5 Å². The molecule has 3 aliphatic rings. The molecule has 0 bridgehead atoms. The summed E-state index contributed by atoms with van der Waals surface area (Å²) in [4.78, 5) is 31.6. The van der Waals surface area contributed by atoms with E-state index in [1.807, 2.05) is 35.2 Å². The molecule has 2 fully saturated rings. The van der Waals surface area contributed by atoms with E-state index in [2.05, 4.69) is 4.90 Å². The van der Waals surface area contributed by atoms with Crippen molar-refractivity contribution in [3.05, 3.63) is 42.5 Å². The lowest BCUT2D eigenvalue weighted by Gasteiger charge is -2.35. The highest BCUT2D eigenvalue weighted by atomic mass is 16.7. The summed E-state index contributed by atoms with van der Waals surface area (Å²) in [5, 5.41) is 0. The molecular weight excluding hydrogens is 438 g/mol. The van der Waals surface area contributed by atoms with Crippen LogP contribution in [-0.2, 0) is 9.59 Å². The van der Waals surface area contributed by atoms with Crippen LogP contribution in [0.4, 0.5) is 5.69 Å². The van der Waals surface area contributed by atoms with Crippen LogP contribution in [0.1, 0.15) is 6.42 Å². The normalized spacial score (nSPS) is 20.0. The number of carbonyl (C=O) groups excluding carboxylic acids is 2. The van der Waals surface area contributed by atoms with Gasteiger partial charge in [0.15, 0.2) is 11.5 Å². The molecular formula is C25H29N3O6. The van der Waals surface area contributed by atoms with Gasteiger partial charge in [0.05, 0.1) is 13.0 Å². The third-order valence-electron chi connectivity index (χ3n) is 6.56. The molecule has 2 amide bonds. The van der Waals surface area contributed by atoms with Crippen molar-refractivity contribution in [1.82, 2.24) is 9.80 Å². The zero-order chi connectivity index (χ0) is 23.5. The number of anilines is 1. The molecule has 34 heavy (non-hydrogen) atoms. The Hall–Kier alpha value is -3.46. The molecule has 5 rings (SSSR count). The average molecular weight is 468 g/mol. The lowest BCUT2D eigenvalue weighted by molar-refractivity contribution is -0.137. The van der Waals surface area contributed by atoms with Crippen molar-refractivity contribution >= 4 is 17.5 Å². The SMILES string of the molecule is COc1ccc(OCCN2CCN(C(=O)C3CC(=O)N(c4ccc5c(c4)OCO5)C3)CC2)cc1. The molecule has 0 aliphatic carbocycles. The van der Waals surface area contributed by atoms with Gasteiger partial charge >= 0.3 is 0 Å². The first-order valence-corrected chi connectivity index (χ1v) is 11.6. The number of methoxy groups -OCH3 is 1. The van der Waals surface area contributed by atoms with Gasteiger partial charge in [-0.2, -0.15) is 0 Å². The van der Waals surface area contributed by atoms with Crippen molar-refractivity contribution in [2.45, 2.75) is 6.42 Å². The van der Waals surface area contributed by atoms with Crippen LogP contribution < -0.4 is 23.8 Å². The predicted octanol–water partition coefficient (Wildman–Crippen LogP) is 2.00. The molecule has 0 spiro atoms. The topological polar surface area (TPSA) is 80.8 Å². The number of carbonyl (C=O) groups is 2. The van der Waals surface area contributed by atoms with E-state index in [0.29, 0.717) is 37.7 Å². The number of nitrogens with zero attached hydrogens (tertiary/aromatic N) is 3. The van der Waals surface area contributed by atoms with Crippen LogP contribution in [0.3, 0.4) is 0 Å². The fraction of sp³-hybridized carbons (Fsp3) is 0.440. The number of rotatable bonds is 7. The number of ether oxygens (including phenoxy) is 4. The number of fused-ring (bicyclic) bond motifs is 1. The smallest absolute Gasteiger partial charge is 0.231 e. The zero-order valence-corrected chi connectivity index (χ0v) is 19.3. The Kier molecular flexibility index (Phi) is 6.44. The third kappa shape index (κ3) is 4.75. The van der Waals surface area contributed by atoms with Gasteiger partial charge in [0.1, 0.15) is 18.1 Å². The Bertz CT molecular complexity index is 1040. The lowest BCUT2D eigenvalue weighted by Crippen LogP contribution is -2.51. The fourth-order valence-electron chi connectivity index (χ4n) is 4.59. The molecule has 9 heteroatoms. The van der Waals surface area contributed by atoms with Crippen LogP contribution in [-0.4, -0.2) is 81.4 Å².